The molecular weight excluding hydrogens is 614 g/mol. The van der Waals surface area contributed by atoms with Crippen LogP contribution in [0.5, 0.6) is 11.5 Å². The molecular formula is C34H26FN3O5S2. The van der Waals surface area contributed by atoms with Gasteiger partial charge in [0.25, 0.3) is 5.78 Å². The minimum Gasteiger partial charge on any atom is -0.507 e. The van der Waals surface area contributed by atoms with Crippen molar-refractivity contribution in [1.29, 1.82) is 0 Å². The molecule has 45 heavy (non-hydrogen) atoms. The van der Waals surface area contributed by atoms with Crippen molar-refractivity contribution < 1.29 is 28.6 Å². The van der Waals surface area contributed by atoms with E-state index in [1.54, 1.807) is 30.3 Å². The van der Waals surface area contributed by atoms with E-state index in [0.29, 0.717) is 28.0 Å². The topological polar surface area (TPSA) is 102 Å². The number of hydrogen-bond acceptors (Lipinski definition) is 9. The smallest absolute Gasteiger partial charge is 0.301 e. The number of carbonyl (C=O) groups excluding carboxylic acids is 2. The van der Waals surface area contributed by atoms with Crippen LogP contribution >= 0.6 is 23.1 Å². The monoisotopic (exact) mass is 639 g/mol. The first-order valence-electron chi connectivity index (χ1n) is 13.8. The lowest BCUT2D eigenvalue weighted by Gasteiger charge is -2.22. The fourth-order valence-electron chi connectivity index (χ4n) is 5.13. The van der Waals surface area contributed by atoms with Gasteiger partial charge in [0.2, 0.25) is 5.13 Å². The van der Waals surface area contributed by atoms with Crippen molar-refractivity contribution in [2.75, 3.05) is 18.6 Å². The highest BCUT2D eigenvalue weighted by Gasteiger charge is 2.48. The Labute approximate surface area is 266 Å². The highest BCUT2D eigenvalue weighted by molar-refractivity contribution is 8.00. The third-order valence-electron chi connectivity index (χ3n) is 7.27. The molecule has 0 radical (unpaired) electrons. The van der Waals surface area contributed by atoms with Crippen LogP contribution in [0.2, 0.25) is 0 Å². The van der Waals surface area contributed by atoms with Crippen LogP contribution in [0.4, 0.5) is 9.52 Å². The van der Waals surface area contributed by atoms with E-state index in [0.717, 1.165) is 22.4 Å². The normalized spacial score (nSPS) is 15.9. The molecule has 1 saturated heterocycles. The Balaban J connectivity index is 1.37. The molecule has 1 atom stereocenters. The number of ketones is 1. The Bertz CT molecular complexity index is 1950. The van der Waals surface area contributed by atoms with Crippen LogP contribution in [0.15, 0.2) is 107 Å². The van der Waals surface area contributed by atoms with Gasteiger partial charge < -0.3 is 14.6 Å². The molecule has 1 amide bonds. The standard InChI is InChI=1S/C34H26FN3O5S2/c1-3-17-43-24-14-11-21(12-15-24)29-28(30(39)22-13-16-27(42-2)26(35)18-22)31(40)32(41)38(29)33-36-37-34(45-33)44-19-23-9-6-8-20-7-4-5-10-25(20)23/h3-16,18,29,39H,1,17,19H2,2H3. The molecule has 2 heterocycles. The summed E-state index contributed by atoms with van der Waals surface area (Å²) in [5.74, 6) is -1.92. The number of fused-ring (bicyclic) bond motifs is 1. The highest BCUT2D eigenvalue weighted by atomic mass is 32.2. The van der Waals surface area contributed by atoms with Gasteiger partial charge in [-0.2, -0.15) is 0 Å². The quantitative estimate of drug-likeness (QED) is 0.0424. The van der Waals surface area contributed by atoms with E-state index in [4.69, 9.17) is 9.47 Å². The van der Waals surface area contributed by atoms with Gasteiger partial charge in [-0.1, -0.05) is 90.4 Å². The number of anilines is 1. The number of aliphatic hydroxyl groups excluding tert-OH is 1. The molecule has 6 rings (SSSR count). The van der Waals surface area contributed by atoms with E-state index in [9.17, 15) is 19.1 Å². The molecule has 4 aromatic carbocycles. The number of benzene rings is 4. The number of thioether (sulfide) groups is 1. The molecule has 1 aliphatic rings. The summed E-state index contributed by atoms with van der Waals surface area (Å²) in [6.45, 7) is 3.95. The molecule has 226 valence electrons. The molecule has 5 aromatic rings. The van der Waals surface area contributed by atoms with Gasteiger partial charge in [-0.15, -0.1) is 10.2 Å². The van der Waals surface area contributed by atoms with Gasteiger partial charge >= 0.3 is 5.91 Å². The maximum atomic E-state index is 14.6. The van der Waals surface area contributed by atoms with Gasteiger partial charge in [0.05, 0.1) is 18.7 Å². The summed E-state index contributed by atoms with van der Waals surface area (Å²) in [6.07, 6.45) is 1.61. The van der Waals surface area contributed by atoms with Crippen molar-refractivity contribution in [3.8, 4) is 11.5 Å². The van der Waals surface area contributed by atoms with Crippen molar-refractivity contribution in [2.45, 2.75) is 16.1 Å². The zero-order valence-corrected chi connectivity index (χ0v) is 25.6. The molecule has 1 N–H and O–H groups in total. The Morgan fingerprint density at radius 2 is 1.84 bits per heavy atom. The van der Waals surface area contributed by atoms with Gasteiger partial charge in [0, 0.05) is 11.3 Å². The number of hydrogen-bond donors (Lipinski definition) is 1. The van der Waals surface area contributed by atoms with E-state index in [-0.39, 0.29) is 22.0 Å². The lowest BCUT2D eigenvalue weighted by atomic mass is 9.95. The van der Waals surface area contributed by atoms with Crippen molar-refractivity contribution in [2.24, 2.45) is 0 Å². The van der Waals surface area contributed by atoms with Crippen LogP contribution in [0.25, 0.3) is 16.5 Å². The van der Waals surface area contributed by atoms with Crippen LogP contribution in [0.3, 0.4) is 0 Å². The number of carbonyl (C=O) groups is 2. The molecule has 1 aliphatic heterocycles. The van der Waals surface area contributed by atoms with Gasteiger partial charge in [-0.3, -0.25) is 14.5 Å². The Morgan fingerprint density at radius 3 is 2.60 bits per heavy atom. The fraction of sp³-hybridized carbons (Fsp3) is 0.118. The minimum absolute atomic E-state index is 0.0193. The van der Waals surface area contributed by atoms with Crippen molar-refractivity contribution >= 4 is 56.5 Å². The first kappa shape index (κ1) is 30.0. The number of rotatable bonds is 10. The molecule has 0 aliphatic carbocycles. The molecule has 1 aromatic heterocycles. The Morgan fingerprint density at radius 1 is 1.07 bits per heavy atom. The van der Waals surface area contributed by atoms with Gasteiger partial charge in [0.1, 0.15) is 18.1 Å². The van der Waals surface area contributed by atoms with Crippen molar-refractivity contribution in [1.82, 2.24) is 10.2 Å². The van der Waals surface area contributed by atoms with E-state index >= 15 is 0 Å². The van der Waals surface area contributed by atoms with Crippen molar-refractivity contribution in [3.05, 3.63) is 126 Å². The average molecular weight is 640 g/mol. The maximum Gasteiger partial charge on any atom is 0.301 e. The predicted molar refractivity (Wildman–Crippen MR) is 173 cm³/mol. The molecule has 8 nitrogen and oxygen atoms in total. The lowest BCUT2D eigenvalue weighted by Crippen LogP contribution is -2.29. The minimum atomic E-state index is -1.06. The lowest BCUT2D eigenvalue weighted by molar-refractivity contribution is -0.132. The second kappa shape index (κ2) is 12.9. The number of aliphatic hydroxyl groups is 1. The van der Waals surface area contributed by atoms with E-state index in [2.05, 4.69) is 41.0 Å². The van der Waals surface area contributed by atoms with Crippen LogP contribution in [0, 0.1) is 5.82 Å². The number of methoxy groups -OCH3 is 1. The molecule has 1 fully saturated rings. The highest BCUT2D eigenvalue weighted by Crippen LogP contribution is 2.44. The number of halogens is 1. The first-order valence-corrected chi connectivity index (χ1v) is 15.6. The number of ether oxygens (including phenoxy) is 2. The van der Waals surface area contributed by atoms with Gasteiger partial charge in [-0.05, 0) is 52.2 Å². The number of aromatic nitrogens is 2. The van der Waals surface area contributed by atoms with E-state index in [1.807, 2.05) is 18.2 Å². The zero-order valence-electron chi connectivity index (χ0n) is 24.0. The van der Waals surface area contributed by atoms with Gasteiger partial charge in [0.15, 0.2) is 15.9 Å². The Hall–Kier alpha value is -5.00. The number of amides is 1. The van der Waals surface area contributed by atoms with Crippen molar-refractivity contribution in [3.63, 3.8) is 0 Å². The van der Waals surface area contributed by atoms with Crippen LogP contribution in [-0.4, -0.2) is 40.7 Å². The van der Waals surface area contributed by atoms with Gasteiger partial charge in [-0.25, -0.2) is 4.39 Å². The second-order valence-corrected chi connectivity index (χ2v) is 12.1. The SMILES string of the molecule is C=CCOc1ccc(C2C(=C(O)c3ccc(OC)c(F)c3)C(=O)C(=O)N2c2nnc(SCc3cccc4ccccc34)s2)cc1. The first-order chi connectivity index (χ1) is 21.9. The number of Topliss-reactive ketones (excluding diaryl/α,β-unsaturated/α-hetero) is 1. The van der Waals surface area contributed by atoms with E-state index < -0.39 is 29.3 Å². The summed E-state index contributed by atoms with van der Waals surface area (Å²) >= 11 is 2.64. The third-order valence-corrected chi connectivity index (χ3v) is 9.37. The zero-order chi connectivity index (χ0) is 31.5. The van der Waals surface area contributed by atoms with E-state index in [1.165, 1.54) is 47.2 Å². The summed E-state index contributed by atoms with van der Waals surface area (Å²) in [7, 11) is 1.32. The summed E-state index contributed by atoms with van der Waals surface area (Å²) < 4.78 is 25.8. The predicted octanol–water partition coefficient (Wildman–Crippen LogP) is 7.32. The third kappa shape index (κ3) is 5.92. The number of nitrogens with zero attached hydrogens (tertiary/aromatic N) is 3. The molecule has 0 bridgehead atoms. The summed E-state index contributed by atoms with van der Waals surface area (Å²) in [5.41, 5.74) is 1.45. The largest absolute Gasteiger partial charge is 0.507 e. The van der Waals surface area contributed by atoms with Crippen LogP contribution in [0.1, 0.15) is 22.7 Å². The molecule has 0 saturated carbocycles. The average Bonchev–Trinajstić information content (AvgIpc) is 3.64. The fourth-order valence-corrected chi connectivity index (χ4v) is 7.00. The molecule has 1 unspecified atom stereocenters. The maximum absolute atomic E-state index is 14.6. The molecule has 0 spiro atoms. The molecule has 11 heteroatoms. The second-order valence-electron chi connectivity index (χ2n) is 9.96. The van der Waals surface area contributed by atoms with Crippen LogP contribution in [-0.2, 0) is 15.3 Å². The summed E-state index contributed by atoms with van der Waals surface area (Å²) in [5, 5.41) is 22.4. The Kier molecular flexibility index (Phi) is 8.63. The summed E-state index contributed by atoms with van der Waals surface area (Å²) in [4.78, 5) is 28.3. The summed E-state index contributed by atoms with van der Waals surface area (Å²) in [6, 6.07) is 23.8. The van der Waals surface area contributed by atoms with Crippen LogP contribution < -0.4 is 14.4 Å².